The summed E-state index contributed by atoms with van der Waals surface area (Å²) in [6.45, 7) is 0.0725. The lowest BCUT2D eigenvalue weighted by molar-refractivity contribution is -0.122. The highest BCUT2D eigenvalue weighted by atomic mass is 32.2. The van der Waals surface area contributed by atoms with Crippen LogP contribution in [0.25, 0.3) is 6.08 Å². The second kappa shape index (κ2) is 8.89. The van der Waals surface area contributed by atoms with Gasteiger partial charge < -0.3 is 15.5 Å². The molecule has 0 aromatic heterocycles. The second-order valence-corrected chi connectivity index (χ2v) is 7.75. The summed E-state index contributed by atoms with van der Waals surface area (Å²) in [4.78, 5) is 37.9. The summed E-state index contributed by atoms with van der Waals surface area (Å²) in [6, 6.07) is 13.0. The van der Waals surface area contributed by atoms with E-state index in [0.29, 0.717) is 9.23 Å². The lowest BCUT2D eigenvalue weighted by atomic mass is 10.1. The number of amides is 2. The van der Waals surface area contributed by atoms with Gasteiger partial charge in [0.25, 0.3) is 5.91 Å². The van der Waals surface area contributed by atoms with E-state index in [0.717, 1.165) is 11.6 Å². The molecule has 3 N–H and O–H groups in total. The van der Waals surface area contributed by atoms with E-state index in [1.54, 1.807) is 6.08 Å². The van der Waals surface area contributed by atoms with Crippen LogP contribution in [-0.4, -0.2) is 43.8 Å². The highest BCUT2D eigenvalue weighted by Crippen LogP contribution is 2.32. The number of carbonyl (C=O) groups excluding carboxylic acids is 2. The van der Waals surface area contributed by atoms with Crippen molar-refractivity contribution >= 4 is 57.8 Å². The predicted octanol–water partition coefficient (Wildman–Crippen LogP) is 3.32. The third-order valence-corrected chi connectivity index (χ3v) is 5.42. The molecule has 1 fully saturated rings. The Kier molecular flexibility index (Phi) is 6.30. The quantitative estimate of drug-likeness (QED) is 0.368. The number of hydrogen-bond donors (Lipinski definition) is 3. The largest absolute Gasteiger partial charge is 0.508 e. The van der Waals surface area contributed by atoms with Crippen LogP contribution in [0.5, 0.6) is 5.75 Å². The first-order chi connectivity index (χ1) is 13.8. The Hall–Kier alpha value is -3.17. The zero-order chi connectivity index (χ0) is 21.0. The Morgan fingerprint density at radius 2 is 1.90 bits per heavy atom. The summed E-state index contributed by atoms with van der Waals surface area (Å²) in [6.07, 6.45) is 1.68. The Bertz CT molecular complexity index is 1020. The molecule has 0 spiro atoms. The minimum Gasteiger partial charge on any atom is -0.508 e. The van der Waals surface area contributed by atoms with Gasteiger partial charge in [-0.1, -0.05) is 54.3 Å². The van der Waals surface area contributed by atoms with Crippen LogP contribution in [0.1, 0.15) is 22.3 Å². The maximum Gasteiger partial charge on any atom is 0.337 e. The van der Waals surface area contributed by atoms with Crippen LogP contribution in [0, 0.1) is 0 Å². The number of carbonyl (C=O) groups is 3. The average molecular weight is 428 g/mol. The fourth-order valence-electron chi connectivity index (χ4n) is 2.64. The number of nitrogens with one attached hydrogen (secondary N) is 1. The van der Waals surface area contributed by atoms with Gasteiger partial charge >= 0.3 is 5.97 Å². The minimum atomic E-state index is -1.28. The third-order valence-electron chi connectivity index (χ3n) is 4.04. The van der Waals surface area contributed by atoms with Gasteiger partial charge in [-0.05, 0) is 29.8 Å². The molecular weight excluding hydrogens is 412 g/mol. The highest BCUT2D eigenvalue weighted by molar-refractivity contribution is 8.26. The van der Waals surface area contributed by atoms with Crippen LogP contribution in [-0.2, 0) is 9.59 Å². The van der Waals surface area contributed by atoms with Gasteiger partial charge in [0, 0.05) is 13.0 Å². The van der Waals surface area contributed by atoms with E-state index in [2.05, 4.69) is 5.32 Å². The molecule has 0 atom stereocenters. The first-order valence-electron chi connectivity index (χ1n) is 8.52. The van der Waals surface area contributed by atoms with Gasteiger partial charge in [0.05, 0.1) is 16.2 Å². The molecule has 1 heterocycles. The number of anilines is 1. The third kappa shape index (κ3) is 5.01. The van der Waals surface area contributed by atoms with E-state index in [-0.39, 0.29) is 35.9 Å². The molecule has 0 aliphatic carbocycles. The maximum absolute atomic E-state index is 12.6. The first-order valence-corrected chi connectivity index (χ1v) is 9.74. The van der Waals surface area contributed by atoms with Crippen molar-refractivity contribution in [2.45, 2.75) is 6.42 Å². The average Bonchev–Trinajstić information content (AvgIpc) is 2.95. The van der Waals surface area contributed by atoms with E-state index in [1.807, 2.05) is 30.3 Å². The molecular formula is C20H16N2O5S2. The van der Waals surface area contributed by atoms with Crippen LogP contribution in [0.15, 0.2) is 53.4 Å². The van der Waals surface area contributed by atoms with Crippen molar-refractivity contribution in [1.29, 1.82) is 0 Å². The molecule has 0 unspecified atom stereocenters. The fraction of sp³-hybridized carbons (Fsp3) is 0.100. The summed E-state index contributed by atoms with van der Waals surface area (Å²) in [5, 5.41) is 21.1. The number of phenols is 1. The molecule has 1 saturated heterocycles. The molecule has 2 aromatic rings. The summed E-state index contributed by atoms with van der Waals surface area (Å²) in [5.74, 6) is -2.24. The van der Waals surface area contributed by atoms with Gasteiger partial charge in [-0.15, -0.1) is 0 Å². The van der Waals surface area contributed by atoms with E-state index in [1.165, 1.54) is 28.8 Å². The number of thioether (sulfide) groups is 1. The van der Waals surface area contributed by atoms with Crippen molar-refractivity contribution in [3.05, 3.63) is 64.6 Å². The van der Waals surface area contributed by atoms with Crippen molar-refractivity contribution in [3.8, 4) is 5.75 Å². The number of aromatic hydroxyl groups is 1. The highest BCUT2D eigenvalue weighted by Gasteiger charge is 2.32. The van der Waals surface area contributed by atoms with Gasteiger partial charge in [-0.3, -0.25) is 14.5 Å². The molecule has 7 nitrogen and oxygen atoms in total. The van der Waals surface area contributed by atoms with Crippen LogP contribution >= 0.6 is 24.0 Å². The van der Waals surface area contributed by atoms with Gasteiger partial charge in [-0.25, -0.2) is 4.79 Å². The summed E-state index contributed by atoms with van der Waals surface area (Å²) < 4.78 is 0.362. The molecule has 2 aromatic carbocycles. The molecule has 0 radical (unpaired) electrons. The molecule has 3 rings (SSSR count). The van der Waals surface area contributed by atoms with Crippen LogP contribution < -0.4 is 5.32 Å². The number of thiocarbonyl (C=S) groups is 1. The van der Waals surface area contributed by atoms with E-state index >= 15 is 0 Å². The smallest absolute Gasteiger partial charge is 0.337 e. The van der Waals surface area contributed by atoms with Crippen molar-refractivity contribution in [2.75, 3.05) is 11.9 Å². The van der Waals surface area contributed by atoms with Gasteiger partial charge in [0.1, 0.15) is 10.1 Å². The monoisotopic (exact) mass is 428 g/mol. The normalized spacial score (nSPS) is 15.0. The molecule has 0 bridgehead atoms. The zero-order valence-electron chi connectivity index (χ0n) is 15.0. The number of benzene rings is 2. The van der Waals surface area contributed by atoms with Crippen molar-refractivity contribution in [1.82, 2.24) is 4.90 Å². The fourth-order valence-corrected chi connectivity index (χ4v) is 3.95. The maximum atomic E-state index is 12.6. The Morgan fingerprint density at radius 1 is 1.17 bits per heavy atom. The first kappa shape index (κ1) is 20.6. The standard InChI is InChI=1S/C20H16N2O5S2/c23-13-6-7-15(14(11-13)19(26)27)21-17(24)8-9-22-18(25)16(29-20(22)28)10-12-4-2-1-3-5-12/h1-7,10-11,23H,8-9H2,(H,21,24)(H,26,27)/b16-10-. The predicted molar refractivity (Wildman–Crippen MR) is 115 cm³/mol. The SMILES string of the molecule is O=C(CCN1C(=O)/C(=C/c2ccccc2)SC1=S)Nc1ccc(O)cc1C(=O)O. The topological polar surface area (TPSA) is 107 Å². The van der Waals surface area contributed by atoms with Gasteiger partial charge in [-0.2, -0.15) is 0 Å². The van der Waals surface area contributed by atoms with Crippen LogP contribution in [0.2, 0.25) is 0 Å². The van der Waals surface area contributed by atoms with Crippen LogP contribution in [0.3, 0.4) is 0 Å². The minimum absolute atomic E-state index is 0.0645. The second-order valence-electron chi connectivity index (χ2n) is 6.08. The molecule has 1 aliphatic rings. The van der Waals surface area contributed by atoms with Crippen LogP contribution in [0.4, 0.5) is 5.69 Å². The molecule has 0 saturated carbocycles. The summed E-state index contributed by atoms with van der Waals surface area (Å²) in [7, 11) is 0. The summed E-state index contributed by atoms with van der Waals surface area (Å²) in [5.41, 5.74) is 0.712. The number of phenolic OH excluding ortho intramolecular Hbond substituents is 1. The lowest BCUT2D eigenvalue weighted by Gasteiger charge is -2.14. The molecule has 2 amide bonds. The zero-order valence-corrected chi connectivity index (χ0v) is 16.6. The van der Waals surface area contributed by atoms with Gasteiger partial charge in [0.2, 0.25) is 5.91 Å². The number of aromatic carboxylic acids is 1. The Morgan fingerprint density at radius 3 is 2.59 bits per heavy atom. The molecule has 29 heavy (non-hydrogen) atoms. The molecule has 9 heteroatoms. The van der Waals surface area contributed by atoms with Crippen molar-refractivity contribution in [2.24, 2.45) is 0 Å². The van der Waals surface area contributed by atoms with Gasteiger partial charge in [0.15, 0.2) is 0 Å². The molecule has 148 valence electrons. The van der Waals surface area contributed by atoms with E-state index < -0.39 is 11.9 Å². The number of nitrogens with zero attached hydrogens (tertiary/aromatic N) is 1. The van der Waals surface area contributed by atoms with E-state index in [4.69, 9.17) is 12.2 Å². The van der Waals surface area contributed by atoms with Crippen molar-refractivity contribution in [3.63, 3.8) is 0 Å². The van der Waals surface area contributed by atoms with E-state index in [9.17, 15) is 24.6 Å². The Balaban J connectivity index is 1.63. The number of carboxylic acids is 1. The number of hydrogen-bond acceptors (Lipinski definition) is 6. The lowest BCUT2D eigenvalue weighted by Crippen LogP contribution is -2.31. The van der Waals surface area contributed by atoms with Crippen molar-refractivity contribution < 1.29 is 24.6 Å². The Labute approximate surface area is 176 Å². The number of rotatable bonds is 6. The molecule has 1 aliphatic heterocycles. The summed E-state index contributed by atoms with van der Waals surface area (Å²) >= 11 is 6.42. The number of carboxylic acid groups (broad SMARTS) is 1.